The zero-order valence-electron chi connectivity index (χ0n) is 13.2. The first-order valence-corrected chi connectivity index (χ1v) is 7.83. The van der Waals surface area contributed by atoms with Crippen LogP contribution in [-0.4, -0.2) is 15.6 Å². The summed E-state index contributed by atoms with van der Waals surface area (Å²) >= 11 is 0. The minimum absolute atomic E-state index is 0.110. The largest absolute Gasteiger partial charge is 0.488 e. The molecule has 0 bridgehead atoms. The molecule has 0 saturated heterocycles. The maximum absolute atomic E-state index is 12.2. The number of benzene rings is 2. The summed E-state index contributed by atoms with van der Waals surface area (Å²) in [5.41, 5.74) is 2.55. The van der Waals surface area contributed by atoms with Crippen LogP contribution in [0.1, 0.15) is 25.8 Å². The highest BCUT2D eigenvalue weighted by atomic mass is 16.5. The van der Waals surface area contributed by atoms with Gasteiger partial charge in [0.2, 0.25) is 0 Å². The molecule has 4 heteroatoms. The molecule has 1 N–H and O–H groups in total. The number of hydrogen-bond donors (Lipinski definition) is 1. The van der Waals surface area contributed by atoms with Crippen LogP contribution in [-0.2, 0) is 6.42 Å². The SMILES string of the molecule is CC1(C)CCc2cc(-c3nc4ccccc4c(=O)[nH]3)ccc2O1. The molecule has 0 unspecified atom stereocenters. The monoisotopic (exact) mass is 306 g/mol. The lowest BCUT2D eigenvalue weighted by Crippen LogP contribution is -2.32. The van der Waals surface area contributed by atoms with E-state index in [9.17, 15) is 4.79 Å². The Morgan fingerprint density at radius 1 is 1.17 bits per heavy atom. The molecule has 4 rings (SSSR count). The molecule has 2 aromatic carbocycles. The highest BCUT2D eigenvalue weighted by Crippen LogP contribution is 2.35. The van der Waals surface area contributed by atoms with Crippen molar-refractivity contribution in [2.75, 3.05) is 0 Å². The van der Waals surface area contributed by atoms with Crippen molar-refractivity contribution in [3.8, 4) is 17.1 Å². The third kappa shape index (κ3) is 2.50. The number of H-pyrrole nitrogens is 1. The molecule has 0 fully saturated rings. The molecule has 2 heterocycles. The van der Waals surface area contributed by atoms with Crippen molar-refractivity contribution in [1.29, 1.82) is 0 Å². The molecule has 1 aliphatic heterocycles. The van der Waals surface area contributed by atoms with Gasteiger partial charge in [0.25, 0.3) is 5.56 Å². The van der Waals surface area contributed by atoms with E-state index in [0.717, 1.165) is 29.7 Å². The minimum Gasteiger partial charge on any atom is -0.488 e. The second kappa shape index (κ2) is 4.95. The van der Waals surface area contributed by atoms with Crippen LogP contribution in [0.25, 0.3) is 22.3 Å². The molecule has 0 aliphatic carbocycles. The fourth-order valence-corrected chi connectivity index (χ4v) is 3.03. The zero-order chi connectivity index (χ0) is 16.0. The second-order valence-electron chi connectivity index (χ2n) is 6.62. The normalized spacial score (nSPS) is 15.9. The summed E-state index contributed by atoms with van der Waals surface area (Å²) in [6.45, 7) is 4.21. The number of aryl methyl sites for hydroxylation is 1. The molecule has 0 saturated carbocycles. The van der Waals surface area contributed by atoms with Gasteiger partial charge in [0, 0.05) is 5.56 Å². The number of ether oxygens (including phenoxy) is 1. The van der Waals surface area contributed by atoms with Gasteiger partial charge in [-0.05, 0) is 62.6 Å². The summed E-state index contributed by atoms with van der Waals surface area (Å²) in [7, 11) is 0. The fourth-order valence-electron chi connectivity index (χ4n) is 3.03. The van der Waals surface area contributed by atoms with Crippen LogP contribution in [0.4, 0.5) is 0 Å². The lowest BCUT2D eigenvalue weighted by atomic mass is 9.93. The Hall–Kier alpha value is -2.62. The smallest absolute Gasteiger partial charge is 0.259 e. The predicted octanol–water partition coefficient (Wildman–Crippen LogP) is 3.69. The molecule has 23 heavy (non-hydrogen) atoms. The van der Waals surface area contributed by atoms with Gasteiger partial charge in [0.1, 0.15) is 17.2 Å². The van der Waals surface area contributed by atoms with E-state index < -0.39 is 0 Å². The quantitative estimate of drug-likeness (QED) is 0.746. The number of aromatic amines is 1. The van der Waals surface area contributed by atoms with Crippen molar-refractivity contribution in [2.24, 2.45) is 0 Å². The lowest BCUT2D eigenvalue weighted by molar-refractivity contribution is 0.0847. The average Bonchev–Trinajstić information content (AvgIpc) is 2.53. The van der Waals surface area contributed by atoms with Gasteiger partial charge in [-0.15, -0.1) is 0 Å². The summed E-state index contributed by atoms with van der Waals surface area (Å²) in [4.78, 5) is 19.7. The standard InChI is InChI=1S/C19H18N2O2/c1-19(2)10-9-12-11-13(7-8-16(12)23-19)17-20-15-6-4-3-5-14(15)18(22)21-17/h3-8,11H,9-10H2,1-2H3,(H,20,21,22). The molecule has 1 aliphatic rings. The van der Waals surface area contributed by atoms with Gasteiger partial charge in [-0.2, -0.15) is 0 Å². The number of fused-ring (bicyclic) bond motifs is 2. The highest BCUT2D eigenvalue weighted by molar-refractivity contribution is 5.79. The Morgan fingerprint density at radius 2 is 2.00 bits per heavy atom. The van der Waals surface area contributed by atoms with Crippen LogP contribution < -0.4 is 10.3 Å². The zero-order valence-corrected chi connectivity index (χ0v) is 13.2. The van der Waals surface area contributed by atoms with Crippen LogP contribution in [0, 0.1) is 0 Å². The maximum Gasteiger partial charge on any atom is 0.259 e. The van der Waals surface area contributed by atoms with Gasteiger partial charge in [0.15, 0.2) is 0 Å². The number of nitrogens with zero attached hydrogens (tertiary/aromatic N) is 1. The third-order valence-corrected chi connectivity index (χ3v) is 4.33. The van der Waals surface area contributed by atoms with Crippen molar-refractivity contribution in [3.05, 3.63) is 58.4 Å². The van der Waals surface area contributed by atoms with Gasteiger partial charge in [-0.3, -0.25) is 4.79 Å². The first kappa shape index (κ1) is 14.0. The van der Waals surface area contributed by atoms with E-state index in [-0.39, 0.29) is 11.2 Å². The van der Waals surface area contributed by atoms with Crippen molar-refractivity contribution in [2.45, 2.75) is 32.3 Å². The molecule has 4 nitrogen and oxygen atoms in total. The molecule has 0 atom stereocenters. The number of rotatable bonds is 1. The van der Waals surface area contributed by atoms with Crippen LogP contribution in [0.5, 0.6) is 5.75 Å². The Balaban J connectivity index is 1.81. The topological polar surface area (TPSA) is 55.0 Å². The third-order valence-electron chi connectivity index (χ3n) is 4.33. The number of para-hydroxylation sites is 1. The highest BCUT2D eigenvalue weighted by Gasteiger charge is 2.26. The van der Waals surface area contributed by atoms with Crippen molar-refractivity contribution in [1.82, 2.24) is 9.97 Å². The van der Waals surface area contributed by atoms with Gasteiger partial charge < -0.3 is 9.72 Å². The minimum atomic E-state index is -0.121. The Morgan fingerprint density at radius 3 is 2.87 bits per heavy atom. The summed E-state index contributed by atoms with van der Waals surface area (Å²) in [6.07, 6.45) is 1.94. The van der Waals surface area contributed by atoms with Crippen LogP contribution in [0.2, 0.25) is 0 Å². The molecular formula is C19H18N2O2. The first-order chi connectivity index (χ1) is 11.0. The number of hydrogen-bond acceptors (Lipinski definition) is 3. The van der Waals surface area contributed by atoms with Crippen LogP contribution in [0.3, 0.4) is 0 Å². The first-order valence-electron chi connectivity index (χ1n) is 7.83. The lowest BCUT2D eigenvalue weighted by Gasteiger charge is -2.32. The van der Waals surface area contributed by atoms with E-state index in [0.29, 0.717) is 16.7 Å². The summed E-state index contributed by atoms with van der Waals surface area (Å²) in [5.74, 6) is 1.52. The Kier molecular flexibility index (Phi) is 3.01. The van der Waals surface area contributed by atoms with Gasteiger partial charge in [-0.1, -0.05) is 12.1 Å². The van der Waals surface area contributed by atoms with Gasteiger partial charge >= 0.3 is 0 Å². The summed E-state index contributed by atoms with van der Waals surface area (Å²) in [5, 5.41) is 0.610. The predicted molar refractivity (Wildman–Crippen MR) is 90.8 cm³/mol. The molecule has 1 aromatic heterocycles. The van der Waals surface area contributed by atoms with Gasteiger partial charge in [0.05, 0.1) is 10.9 Å². The number of aromatic nitrogens is 2. The van der Waals surface area contributed by atoms with Crippen molar-refractivity contribution < 1.29 is 4.74 Å². The average molecular weight is 306 g/mol. The van der Waals surface area contributed by atoms with Crippen LogP contribution >= 0.6 is 0 Å². The van der Waals surface area contributed by atoms with E-state index in [1.807, 2.05) is 30.3 Å². The molecule has 0 amide bonds. The van der Waals surface area contributed by atoms with E-state index in [4.69, 9.17) is 4.74 Å². The molecular weight excluding hydrogens is 288 g/mol. The van der Waals surface area contributed by atoms with Crippen molar-refractivity contribution >= 4 is 10.9 Å². The molecule has 0 spiro atoms. The van der Waals surface area contributed by atoms with E-state index >= 15 is 0 Å². The Bertz CT molecular complexity index is 957. The maximum atomic E-state index is 12.2. The van der Waals surface area contributed by atoms with E-state index in [1.54, 1.807) is 6.07 Å². The molecule has 3 aromatic rings. The summed E-state index contributed by atoms with van der Waals surface area (Å²) in [6, 6.07) is 13.4. The molecule has 116 valence electrons. The van der Waals surface area contributed by atoms with Gasteiger partial charge in [-0.25, -0.2) is 4.98 Å². The second-order valence-corrected chi connectivity index (χ2v) is 6.62. The van der Waals surface area contributed by atoms with Crippen molar-refractivity contribution in [3.63, 3.8) is 0 Å². The van der Waals surface area contributed by atoms with E-state index in [1.165, 1.54) is 0 Å². The number of nitrogens with one attached hydrogen (secondary N) is 1. The van der Waals surface area contributed by atoms with Crippen LogP contribution in [0.15, 0.2) is 47.3 Å². The van der Waals surface area contributed by atoms with E-state index in [2.05, 4.69) is 29.9 Å². The molecule has 0 radical (unpaired) electrons. The Labute approximate surface area is 134 Å². The summed E-state index contributed by atoms with van der Waals surface area (Å²) < 4.78 is 6.01. The fraction of sp³-hybridized carbons (Fsp3) is 0.263.